The van der Waals surface area contributed by atoms with E-state index in [0.29, 0.717) is 46.6 Å². The molecular formula is C31H28BrN3O3S. The molecule has 0 radical (unpaired) electrons. The molecule has 0 spiro atoms. The van der Waals surface area contributed by atoms with Crippen molar-refractivity contribution in [1.82, 2.24) is 5.32 Å². The Kier molecular flexibility index (Phi) is 10.2. The third kappa shape index (κ3) is 9.05. The standard InChI is InChI=1S/C31H28BrN3O3S/c32-27-21-24(12-17-28(27)38-20-19-23-9-5-2-6-10-23)30(37)35-31(39)34-26-15-13-25(14-16-26)33-29(36)18-11-22-7-3-1-4-8-22/h1-10,12-17,21H,11,18-20H2,(H,33,36)(H2,34,35,37,39). The maximum Gasteiger partial charge on any atom is 0.257 e. The molecule has 198 valence electrons. The Labute approximate surface area is 241 Å². The lowest BCUT2D eigenvalue weighted by Crippen LogP contribution is -2.34. The number of amides is 2. The van der Waals surface area contributed by atoms with Crippen LogP contribution in [0.3, 0.4) is 0 Å². The third-order valence-corrected chi connectivity index (χ3v) is 6.65. The van der Waals surface area contributed by atoms with Crippen molar-refractivity contribution in [1.29, 1.82) is 0 Å². The normalized spacial score (nSPS) is 10.4. The molecule has 4 aromatic carbocycles. The summed E-state index contributed by atoms with van der Waals surface area (Å²) in [6.07, 6.45) is 1.87. The summed E-state index contributed by atoms with van der Waals surface area (Å²) in [6.45, 7) is 0.526. The van der Waals surface area contributed by atoms with E-state index in [1.165, 1.54) is 5.56 Å². The zero-order valence-corrected chi connectivity index (χ0v) is 23.6. The Morgan fingerprint density at radius 3 is 1.95 bits per heavy atom. The van der Waals surface area contributed by atoms with Crippen LogP contribution in [-0.2, 0) is 17.6 Å². The van der Waals surface area contributed by atoms with E-state index >= 15 is 0 Å². The van der Waals surface area contributed by atoms with Crippen LogP contribution < -0.4 is 20.7 Å². The highest BCUT2D eigenvalue weighted by molar-refractivity contribution is 9.10. The summed E-state index contributed by atoms with van der Waals surface area (Å²) >= 11 is 8.79. The molecular weight excluding hydrogens is 574 g/mol. The van der Waals surface area contributed by atoms with Crippen molar-refractivity contribution in [2.24, 2.45) is 0 Å². The van der Waals surface area contributed by atoms with Crippen LogP contribution in [-0.4, -0.2) is 23.5 Å². The summed E-state index contributed by atoms with van der Waals surface area (Å²) in [5, 5.41) is 8.73. The number of thiocarbonyl (C=S) groups is 1. The average Bonchev–Trinajstić information content (AvgIpc) is 2.95. The van der Waals surface area contributed by atoms with Crippen molar-refractivity contribution in [3.63, 3.8) is 0 Å². The summed E-state index contributed by atoms with van der Waals surface area (Å²) in [7, 11) is 0. The zero-order chi connectivity index (χ0) is 27.5. The molecule has 3 N–H and O–H groups in total. The van der Waals surface area contributed by atoms with Crippen molar-refractivity contribution in [2.45, 2.75) is 19.3 Å². The van der Waals surface area contributed by atoms with Gasteiger partial charge in [-0.1, -0.05) is 60.7 Å². The van der Waals surface area contributed by atoms with Crippen molar-refractivity contribution >= 4 is 56.4 Å². The number of rotatable bonds is 10. The molecule has 6 nitrogen and oxygen atoms in total. The topological polar surface area (TPSA) is 79.5 Å². The van der Waals surface area contributed by atoms with Gasteiger partial charge in [0, 0.05) is 29.8 Å². The van der Waals surface area contributed by atoms with Gasteiger partial charge in [-0.25, -0.2) is 0 Å². The Bertz CT molecular complexity index is 1410. The molecule has 0 heterocycles. The molecule has 8 heteroatoms. The number of benzene rings is 4. The van der Waals surface area contributed by atoms with Gasteiger partial charge in [0.15, 0.2) is 5.11 Å². The first-order valence-electron chi connectivity index (χ1n) is 12.5. The highest BCUT2D eigenvalue weighted by Crippen LogP contribution is 2.26. The van der Waals surface area contributed by atoms with Gasteiger partial charge in [-0.3, -0.25) is 14.9 Å². The smallest absolute Gasteiger partial charge is 0.257 e. The summed E-state index contributed by atoms with van der Waals surface area (Å²) in [5.41, 5.74) is 4.13. The van der Waals surface area contributed by atoms with E-state index in [4.69, 9.17) is 17.0 Å². The monoisotopic (exact) mass is 601 g/mol. The summed E-state index contributed by atoms with van der Waals surface area (Å²) < 4.78 is 6.54. The summed E-state index contributed by atoms with van der Waals surface area (Å²) in [6, 6.07) is 32.3. The van der Waals surface area contributed by atoms with E-state index in [2.05, 4.69) is 44.0 Å². The SMILES string of the molecule is O=C(CCc1ccccc1)Nc1ccc(NC(=S)NC(=O)c2ccc(OCCc3ccccc3)c(Br)c2)cc1. The summed E-state index contributed by atoms with van der Waals surface area (Å²) in [5.74, 6) is 0.267. The Balaban J connectivity index is 1.21. The number of ether oxygens (including phenoxy) is 1. The first kappa shape index (κ1) is 28.0. The van der Waals surface area contributed by atoms with Gasteiger partial charge in [-0.05, 0) is 88.2 Å². The van der Waals surface area contributed by atoms with Gasteiger partial charge in [0.05, 0.1) is 11.1 Å². The first-order valence-corrected chi connectivity index (χ1v) is 13.7. The molecule has 4 rings (SSSR count). The fraction of sp³-hybridized carbons (Fsp3) is 0.129. The minimum absolute atomic E-state index is 0.0545. The molecule has 0 bridgehead atoms. The van der Waals surface area contributed by atoms with Crippen LogP contribution in [0.25, 0.3) is 0 Å². The van der Waals surface area contributed by atoms with Gasteiger partial charge in [0.2, 0.25) is 5.91 Å². The quantitative estimate of drug-likeness (QED) is 0.175. The largest absolute Gasteiger partial charge is 0.492 e. The second kappa shape index (κ2) is 14.2. The van der Waals surface area contributed by atoms with Crippen LogP contribution in [0.1, 0.15) is 27.9 Å². The van der Waals surface area contributed by atoms with E-state index in [0.717, 1.165) is 12.0 Å². The average molecular weight is 603 g/mol. The predicted octanol–water partition coefficient (Wildman–Crippen LogP) is 6.77. The van der Waals surface area contributed by atoms with Gasteiger partial charge in [0.25, 0.3) is 5.91 Å². The van der Waals surface area contributed by atoms with Crippen LogP contribution >= 0.6 is 28.1 Å². The van der Waals surface area contributed by atoms with Gasteiger partial charge < -0.3 is 15.4 Å². The molecule has 0 saturated carbocycles. The lowest BCUT2D eigenvalue weighted by atomic mass is 10.1. The van der Waals surface area contributed by atoms with Crippen LogP contribution in [0.15, 0.2) is 108 Å². The molecule has 0 aliphatic carbocycles. The van der Waals surface area contributed by atoms with Gasteiger partial charge in [-0.2, -0.15) is 0 Å². The van der Waals surface area contributed by atoms with Crippen LogP contribution in [0.4, 0.5) is 11.4 Å². The molecule has 39 heavy (non-hydrogen) atoms. The third-order valence-electron chi connectivity index (χ3n) is 5.82. The van der Waals surface area contributed by atoms with E-state index in [1.54, 1.807) is 42.5 Å². The number of hydrogen-bond acceptors (Lipinski definition) is 4. The lowest BCUT2D eigenvalue weighted by molar-refractivity contribution is -0.116. The lowest BCUT2D eigenvalue weighted by Gasteiger charge is -2.12. The van der Waals surface area contributed by atoms with Crippen molar-refractivity contribution in [3.05, 3.63) is 124 Å². The van der Waals surface area contributed by atoms with E-state index in [-0.39, 0.29) is 16.9 Å². The van der Waals surface area contributed by atoms with Crippen LogP contribution in [0.2, 0.25) is 0 Å². The fourth-order valence-electron chi connectivity index (χ4n) is 3.78. The predicted molar refractivity (Wildman–Crippen MR) is 163 cm³/mol. The van der Waals surface area contributed by atoms with Crippen molar-refractivity contribution < 1.29 is 14.3 Å². The number of halogens is 1. The van der Waals surface area contributed by atoms with E-state index in [1.807, 2.05) is 48.5 Å². The number of nitrogens with one attached hydrogen (secondary N) is 3. The second-order valence-corrected chi connectivity index (χ2v) is 10.0. The number of carbonyl (C=O) groups is 2. The van der Waals surface area contributed by atoms with E-state index < -0.39 is 0 Å². The maximum atomic E-state index is 12.7. The van der Waals surface area contributed by atoms with Crippen molar-refractivity contribution in [3.8, 4) is 5.75 Å². The van der Waals surface area contributed by atoms with Gasteiger partial charge in [0.1, 0.15) is 5.75 Å². The van der Waals surface area contributed by atoms with Crippen LogP contribution in [0, 0.1) is 0 Å². The molecule has 0 aromatic heterocycles. The molecule has 0 aliphatic heterocycles. The fourth-order valence-corrected chi connectivity index (χ4v) is 4.49. The maximum absolute atomic E-state index is 12.7. The van der Waals surface area contributed by atoms with Gasteiger partial charge >= 0.3 is 0 Å². The molecule has 0 saturated heterocycles. The highest BCUT2D eigenvalue weighted by Gasteiger charge is 2.12. The van der Waals surface area contributed by atoms with E-state index in [9.17, 15) is 9.59 Å². The minimum atomic E-state index is -0.341. The highest BCUT2D eigenvalue weighted by atomic mass is 79.9. The number of anilines is 2. The molecule has 4 aromatic rings. The first-order chi connectivity index (χ1) is 19.0. The minimum Gasteiger partial charge on any atom is -0.492 e. The number of aryl methyl sites for hydroxylation is 1. The second-order valence-electron chi connectivity index (χ2n) is 8.75. The molecule has 0 atom stereocenters. The molecule has 2 amide bonds. The van der Waals surface area contributed by atoms with Crippen molar-refractivity contribution in [2.75, 3.05) is 17.2 Å². The van der Waals surface area contributed by atoms with Crippen LogP contribution in [0.5, 0.6) is 5.75 Å². The zero-order valence-electron chi connectivity index (χ0n) is 21.2. The Hall–Kier alpha value is -4.01. The summed E-state index contributed by atoms with van der Waals surface area (Å²) in [4.78, 5) is 25.0. The number of hydrogen-bond donors (Lipinski definition) is 3. The number of carbonyl (C=O) groups excluding carboxylic acids is 2. The molecule has 0 fully saturated rings. The Morgan fingerprint density at radius 2 is 1.33 bits per heavy atom. The van der Waals surface area contributed by atoms with Gasteiger partial charge in [-0.15, -0.1) is 0 Å². The molecule has 0 unspecified atom stereocenters. The Morgan fingerprint density at radius 1 is 0.744 bits per heavy atom. The molecule has 0 aliphatic rings.